The highest BCUT2D eigenvalue weighted by Crippen LogP contribution is 2.15. The number of benzene rings is 1. The molecule has 2 rings (SSSR count). The Morgan fingerprint density at radius 1 is 1.26 bits per heavy atom. The van der Waals surface area contributed by atoms with Gasteiger partial charge < -0.3 is 5.32 Å². The highest BCUT2D eigenvalue weighted by atomic mass is 32.2. The van der Waals surface area contributed by atoms with Gasteiger partial charge >= 0.3 is 0 Å². The topological polar surface area (TPSA) is 66.5 Å². The van der Waals surface area contributed by atoms with Crippen molar-refractivity contribution in [3.05, 3.63) is 35.6 Å². The van der Waals surface area contributed by atoms with E-state index in [1.165, 1.54) is 16.4 Å². The van der Waals surface area contributed by atoms with E-state index in [0.717, 1.165) is 5.56 Å². The second-order valence-electron chi connectivity index (χ2n) is 5.77. The van der Waals surface area contributed by atoms with Gasteiger partial charge in [0.25, 0.3) is 0 Å². The van der Waals surface area contributed by atoms with Gasteiger partial charge in [-0.25, -0.2) is 17.1 Å². The van der Waals surface area contributed by atoms with Gasteiger partial charge in [0.2, 0.25) is 15.9 Å². The van der Waals surface area contributed by atoms with Gasteiger partial charge in [0.05, 0.1) is 5.75 Å². The molecule has 1 aliphatic rings. The maximum absolute atomic E-state index is 12.8. The number of nitrogens with zero attached hydrogens (tertiary/aromatic N) is 1. The van der Waals surface area contributed by atoms with Gasteiger partial charge in [-0.05, 0) is 43.9 Å². The maximum atomic E-state index is 12.8. The number of halogens is 1. The molecule has 128 valence electrons. The second-order valence-corrected chi connectivity index (χ2v) is 8.03. The summed E-state index contributed by atoms with van der Waals surface area (Å²) in [5.41, 5.74) is 0.922. The van der Waals surface area contributed by atoms with E-state index in [-0.39, 0.29) is 23.5 Å². The van der Waals surface area contributed by atoms with Crippen LogP contribution in [0.3, 0.4) is 0 Å². The van der Waals surface area contributed by atoms with E-state index < -0.39 is 10.0 Å². The Morgan fingerprint density at radius 2 is 1.87 bits per heavy atom. The molecule has 23 heavy (non-hydrogen) atoms. The van der Waals surface area contributed by atoms with E-state index in [0.29, 0.717) is 38.8 Å². The minimum absolute atomic E-state index is 0.0269. The fraction of sp³-hybridized carbons (Fsp3) is 0.562. The second kappa shape index (κ2) is 7.88. The Balaban J connectivity index is 1.73. The molecule has 7 heteroatoms. The summed E-state index contributed by atoms with van der Waals surface area (Å²) in [6.45, 7) is 2.55. The minimum atomic E-state index is -3.13. The van der Waals surface area contributed by atoms with Crippen molar-refractivity contribution in [1.82, 2.24) is 9.62 Å². The number of rotatable bonds is 6. The highest BCUT2D eigenvalue weighted by molar-refractivity contribution is 7.89. The average molecular weight is 342 g/mol. The first-order chi connectivity index (χ1) is 10.9. The molecule has 0 spiro atoms. The molecule has 0 aromatic heterocycles. The van der Waals surface area contributed by atoms with Crippen LogP contribution in [0.1, 0.15) is 31.7 Å². The number of hydrogen-bond donors (Lipinski definition) is 1. The van der Waals surface area contributed by atoms with Crippen molar-refractivity contribution < 1.29 is 17.6 Å². The molecule has 1 heterocycles. The van der Waals surface area contributed by atoms with Crippen LogP contribution >= 0.6 is 0 Å². The van der Waals surface area contributed by atoms with Crippen LogP contribution in [0, 0.1) is 5.82 Å². The lowest BCUT2D eigenvalue weighted by molar-refractivity contribution is -0.122. The van der Waals surface area contributed by atoms with Gasteiger partial charge in [-0.2, -0.15) is 0 Å². The van der Waals surface area contributed by atoms with Gasteiger partial charge in [0.15, 0.2) is 0 Å². The van der Waals surface area contributed by atoms with Gasteiger partial charge in [-0.1, -0.05) is 12.1 Å². The predicted octanol–water partition coefficient (Wildman–Crippen LogP) is 1.69. The summed E-state index contributed by atoms with van der Waals surface area (Å²) >= 11 is 0. The first kappa shape index (κ1) is 17.9. The standard InChI is InChI=1S/C16H23FN2O3S/c1-2-23(21,22)19-11-9-15(10-12-19)18-16(20)8-5-13-3-6-14(17)7-4-13/h3-4,6-7,15H,2,5,8-12H2,1H3,(H,18,20). The Morgan fingerprint density at radius 3 is 2.43 bits per heavy atom. The quantitative estimate of drug-likeness (QED) is 0.855. The first-order valence-electron chi connectivity index (χ1n) is 7.92. The number of aryl methyl sites for hydroxylation is 1. The summed E-state index contributed by atoms with van der Waals surface area (Å²) in [6.07, 6.45) is 2.19. The van der Waals surface area contributed by atoms with Crippen molar-refractivity contribution in [2.45, 2.75) is 38.6 Å². The van der Waals surface area contributed by atoms with Crippen molar-refractivity contribution in [3.63, 3.8) is 0 Å². The number of nitrogens with one attached hydrogen (secondary N) is 1. The lowest BCUT2D eigenvalue weighted by atomic mass is 10.1. The Kier molecular flexibility index (Phi) is 6.12. The fourth-order valence-corrected chi connectivity index (χ4v) is 3.80. The fourth-order valence-electron chi connectivity index (χ4n) is 2.67. The predicted molar refractivity (Wildman–Crippen MR) is 86.9 cm³/mol. The molecule has 0 bridgehead atoms. The van der Waals surface area contributed by atoms with E-state index in [1.807, 2.05) is 0 Å². The van der Waals surface area contributed by atoms with E-state index in [9.17, 15) is 17.6 Å². The molecule has 1 saturated heterocycles. The molecule has 1 N–H and O–H groups in total. The third-order valence-corrected chi connectivity index (χ3v) is 6.01. The molecular formula is C16H23FN2O3S. The van der Waals surface area contributed by atoms with E-state index in [4.69, 9.17) is 0 Å². The van der Waals surface area contributed by atoms with E-state index in [2.05, 4.69) is 5.32 Å². The monoisotopic (exact) mass is 342 g/mol. The first-order valence-corrected chi connectivity index (χ1v) is 9.53. The zero-order valence-electron chi connectivity index (χ0n) is 13.3. The largest absolute Gasteiger partial charge is 0.353 e. The summed E-state index contributed by atoms with van der Waals surface area (Å²) in [6, 6.07) is 6.15. The zero-order valence-corrected chi connectivity index (χ0v) is 14.1. The Bertz CT molecular complexity index is 623. The van der Waals surface area contributed by atoms with Crippen LogP contribution in [0.2, 0.25) is 0 Å². The van der Waals surface area contributed by atoms with Crippen LogP contribution in [0.15, 0.2) is 24.3 Å². The molecule has 1 fully saturated rings. The van der Waals surface area contributed by atoms with Crippen LogP contribution in [0.4, 0.5) is 4.39 Å². The van der Waals surface area contributed by atoms with Gasteiger partial charge in [-0.3, -0.25) is 4.79 Å². The molecule has 1 aromatic carbocycles. The smallest absolute Gasteiger partial charge is 0.220 e. The molecule has 0 saturated carbocycles. The van der Waals surface area contributed by atoms with Gasteiger partial charge in [0.1, 0.15) is 5.82 Å². The van der Waals surface area contributed by atoms with Crippen molar-refractivity contribution in [2.24, 2.45) is 0 Å². The molecule has 0 radical (unpaired) electrons. The molecule has 1 amide bonds. The van der Waals surface area contributed by atoms with Gasteiger partial charge in [-0.15, -0.1) is 0 Å². The van der Waals surface area contributed by atoms with Crippen molar-refractivity contribution >= 4 is 15.9 Å². The molecular weight excluding hydrogens is 319 g/mol. The van der Waals surface area contributed by atoms with E-state index in [1.54, 1.807) is 19.1 Å². The van der Waals surface area contributed by atoms with Gasteiger partial charge in [0, 0.05) is 25.6 Å². The third-order valence-electron chi connectivity index (χ3n) is 4.13. The number of carbonyl (C=O) groups is 1. The van der Waals surface area contributed by atoms with E-state index >= 15 is 0 Å². The lowest BCUT2D eigenvalue weighted by Crippen LogP contribution is -2.46. The summed E-state index contributed by atoms with van der Waals surface area (Å²) in [5.74, 6) is -0.222. The van der Waals surface area contributed by atoms with Crippen LogP contribution in [0.5, 0.6) is 0 Å². The zero-order chi connectivity index (χ0) is 16.9. The molecule has 0 atom stereocenters. The van der Waals surface area contributed by atoms with Crippen LogP contribution < -0.4 is 5.32 Å². The van der Waals surface area contributed by atoms with Crippen LogP contribution in [0.25, 0.3) is 0 Å². The SMILES string of the molecule is CCS(=O)(=O)N1CCC(NC(=O)CCc2ccc(F)cc2)CC1. The summed E-state index contributed by atoms with van der Waals surface area (Å²) in [7, 11) is -3.13. The molecule has 5 nitrogen and oxygen atoms in total. The van der Waals surface area contributed by atoms with Crippen LogP contribution in [-0.4, -0.2) is 43.5 Å². The average Bonchev–Trinajstić information content (AvgIpc) is 2.55. The van der Waals surface area contributed by atoms with Crippen molar-refractivity contribution in [2.75, 3.05) is 18.8 Å². The summed E-state index contributed by atoms with van der Waals surface area (Å²) in [4.78, 5) is 12.0. The molecule has 0 aliphatic carbocycles. The molecule has 1 aromatic rings. The Hall–Kier alpha value is -1.47. The minimum Gasteiger partial charge on any atom is -0.353 e. The number of sulfonamides is 1. The summed E-state index contributed by atoms with van der Waals surface area (Å²) in [5, 5.41) is 2.96. The number of piperidine rings is 1. The normalized spacial score (nSPS) is 17.1. The Labute approximate surface area is 136 Å². The summed E-state index contributed by atoms with van der Waals surface area (Å²) < 4.78 is 37.9. The van der Waals surface area contributed by atoms with Crippen molar-refractivity contribution in [3.8, 4) is 0 Å². The number of amides is 1. The third kappa shape index (κ3) is 5.28. The molecule has 1 aliphatic heterocycles. The van der Waals surface area contributed by atoms with Crippen molar-refractivity contribution in [1.29, 1.82) is 0 Å². The lowest BCUT2D eigenvalue weighted by Gasteiger charge is -2.31. The molecule has 0 unspecified atom stereocenters. The number of carbonyl (C=O) groups excluding carboxylic acids is 1. The highest BCUT2D eigenvalue weighted by Gasteiger charge is 2.27. The van der Waals surface area contributed by atoms with Crippen LogP contribution in [-0.2, 0) is 21.2 Å². The maximum Gasteiger partial charge on any atom is 0.220 e. The number of hydrogen-bond acceptors (Lipinski definition) is 3.